The second-order valence-electron chi connectivity index (χ2n) is 6.79. The van der Waals surface area contributed by atoms with Gasteiger partial charge in [0, 0.05) is 24.7 Å². The van der Waals surface area contributed by atoms with Crippen molar-refractivity contribution < 1.29 is 19.4 Å². The number of rotatable bonds is 9. The van der Waals surface area contributed by atoms with Crippen molar-refractivity contribution in [1.29, 1.82) is 0 Å². The van der Waals surface area contributed by atoms with Crippen molar-refractivity contribution in [3.63, 3.8) is 0 Å². The fourth-order valence-corrected chi connectivity index (χ4v) is 2.93. The third-order valence-corrected chi connectivity index (χ3v) is 4.44. The molecule has 0 spiro atoms. The van der Waals surface area contributed by atoms with Gasteiger partial charge >= 0.3 is 5.97 Å². The zero-order chi connectivity index (χ0) is 17.6. The predicted octanol–water partition coefficient (Wildman–Crippen LogP) is 3.56. The van der Waals surface area contributed by atoms with Gasteiger partial charge in [-0.2, -0.15) is 0 Å². The third kappa shape index (κ3) is 4.63. The van der Waals surface area contributed by atoms with E-state index in [9.17, 15) is 9.90 Å². The van der Waals surface area contributed by atoms with Gasteiger partial charge in [-0.25, -0.2) is 0 Å². The predicted molar refractivity (Wildman–Crippen MR) is 93.7 cm³/mol. The number of hydrogen-bond acceptors (Lipinski definition) is 4. The molecule has 0 amide bonds. The van der Waals surface area contributed by atoms with Gasteiger partial charge in [-0.1, -0.05) is 19.9 Å². The highest BCUT2D eigenvalue weighted by Crippen LogP contribution is 2.33. The van der Waals surface area contributed by atoms with Crippen LogP contribution in [0, 0.1) is 5.41 Å². The van der Waals surface area contributed by atoms with Crippen molar-refractivity contribution in [2.45, 2.75) is 46.6 Å². The average molecular weight is 335 g/mol. The minimum Gasteiger partial charge on any atom is -0.493 e. The lowest BCUT2D eigenvalue weighted by molar-refractivity contribution is -0.147. The molecule has 1 aromatic rings. The molecule has 24 heavy (non-hydrogen) atoms. The summed E-state index contributed by atoms with van der Waals surface area (Å²) in [5.41, 5.74) is 0.441. The minimum absolute atomic E-state index is 0.573. The average Bonchev–Trinajstić information content (AvgIpc) is 2.95. The fraction of sp³-hybridized carbons (Fsp3) is 0.632. The zero-order valence-corrected chi connectivity index (χ0v) is 15.0. The number of nitrogens with zero attached hydrogens (tertiary/aromatic N) is 1. The molecule has 1 fully saturated rings. The molecule has 1 unspecified atom stereocenters. The van der Waals surface area contributed by atoms with E-state index in [1.54, 1.807) is 0 Å². The van der Waals surface area contributed by atoms with Crippen LogP contribution in [0.15, 0.2) is 18.2 Å². The number of hydrogen-bond donors (Lipinski definition) is 1. The van der Waals surface area contributed by atoms with Crippen molar-refractivity contribution in [2.24, 2.45) is 5.41 Å². The van der Waals surface area contributed by atoms with Gasteiger partial charge in [-0.3, -0.25) is 9.69 Å². The Hall–Kier alpha value is -1.75. The van der Waals surface area contributed by atoms with Crippen molar-refractivity contribution in [2.75, 3.05) is 26.3 Å². The highest BCUT2D eigenvalue weighted by molar-refractivity contribution is 5.74. The van der Waals surface area contributed by atoms with Gasteiger partial charge in [-0.15, -0.1) is 0 Å². The first-order valence-corrected chi connectivity index (χ1v) is 8.82. The Balaban J connectivity index is 2.09. The normalized spacial score (nSPS) is 21.0. The first kappa shape index (κ1) is 18.6. The summed E-state index contributed by atoms with van der Waals surface area (Å²) in [6, 6.07) is 5.95. The van der Waals surface area contributed by atoms with E-state index in [1.165, 1.54) is 0 Å². The summed E-state index contributed by atoms with van der Waals surface area (Å²) in [6.07, 6.45) is 2.60. The Labute approximate surface area is 144 Å². The maximum atomic E-state index is 11.4. The second kappa shape index (κ2) is 8.38. The molecule has 1 aliphatic rings. The molecule has 0 aliphatic carbocycles. The molecular weight excluding hydrogens is 306 g/mol. The summed E-state index contributed by atoms with van der Waals surface area (Å²) in [6.45, 7) is 9.41. The third-order valence-electron chi connectivity index (χ3n) is 4.44. The first-order valence-electron chi connectivity index (χ1n) is 8.82. The van der Waals surface area contributed by atoms with E-state index in [1.807, 2.05) is 25.1 Å². The van der Waals surface area contributed by atoms with Crippen molar-refractivity contribution in [1.82, 2.24) is 4.90 Å². The maximum Gasteiger partial charge on any atom is 0.310 e. The van der Waals surface area contributed by atoms with Crippen LogP contribution in [-0.4, -0.2) is 42.3 Å². The van der Waals surface area contributed by atoms with E-state index in [-0.39, 0.29) is 0 Å². The van der Waals surface area contributed by atoms with Crippen LogP contribution in [0.5, 0.6) is 11.5 Å². The maximum absolute atomic E-state index is 11.4. The summed E-state index contributed by atoms with van der Waals surface area (Å²) in [5.74, 6) is 0.952. The van der Waals surface area contributed by atoms with Gasteiger partial charge in [0.25, 0.3) is 0 Å². The van der Waals surface area contributed by atoms with Crippen LogP contribution in [0.1, 0.15) is 45.6 Å². The summed E-state index contributed by atoms with van der Waals surface area (Å²) >= 11 is 0. The minimum atomic E-state index is -0.712. The number of benzene rings is 1. The monoisotopic (exact) mass is 335 g/mol. The number of ether oxygens (including phenoxy) is 2. The van der Waals surface area contributed by atoms with E-state index in [2.05, 4.69) is 18.7 Å². The van der Waals surface area contributed by atoms with Crippen LogP contribution in [0.2, 0.25) is 0 Å². The van der Waals surface area contributed by atoms with Gasteiger partial charge < -0.3 is 14.6 Å². The van der Waals surface area contributed by atoms with Gasteiger partial charge in [0.15, 0.2) is 0 Å². The van der Waals surface area contributed by atoms with Crippen LogP contribution in [0.25, 0.3) is 0 Å². The van der Waals surface area contributed by atoms with E-state index >= 15 is 0 Å². The molecule has 0 aromatic heterocycles. The van der Waals surface area contributed by atoms with Gasteiger partial charge in [0.05, 0.1) is 18.6 Å². The standard InChI is InChI=1S/C19H29NO4/c1-4-10-23-16-7-6-15(17(12-16)24-11-5-2)13-20-9-8-19(3,14-20)18(21)22/h6-7,12H,4-5,8-11,13-14H2,1-3H3,(H,21,22). The Morgan fingerprint density at radius 2 is 1.96 bits per heavy atom. The molecular formula is C19H29NO4. The lowest BCUT2D eigenvalue weighted by Crippen LogP contribution is -2.31. The lowest BCUT2D eigenvalue weighted by atomic mass is 9.90. The molecule has 1 aromatic carbocycles. The lowest BCUT2D eigenvalue weighted by Gasteiger charge is -2.21. The largest absolute Gasteiger partial charge is 0.493 e. The molecule has 5 nitrogen and oxygen atoms in total. The molecule has 0 radical (unpaired) electrons. The van der Waals surface area contributed by atoms with Gasteiger partial charge in [-0.05, 0) is 38.8 Å². The molecule has 5 heteroatoms. The number of carboxylic acid groups (broad SMARTS) is 1. The molecule has 1 atom stereocenters. The summed E-state index contributed by atoms with van der Waals surface area (Å²) in [4.78, 5) is 13.6. The van der Waals surface area contributed by atoms with Crippen LogP contribution in [0.4, 0.5) is 0 Å². The smallest absolute Gasteiger partial charge is 0.310 e. The van der Waals surface area contributed by atoms with Crippen LogP contribution < -0.4 is 9.47 Å². The zero-order valence-electron chi connectivity index (χ0n) is 15.0. The molecule has 2 rings (SSSR count). The Kier molecular flexibility index (Phi) is 6.49. The summed E-state index contributed by atoms with van der Waals surface area (Å²) in [7, 11) is 0. The Morgan fingerprint density at radius 1 is 1.25 bits per heavy atom. The molecule has 134 valence electrons. The highest BCUT2D eigenvalue weighted by atomic mass is 16.5. The molecule has 0 saturated carbocycles. The number of aliphatic carboxylic acids is 1. The summed E-state index contributed by atoms with van der Waals surface area (Å²) < 4.78 is 11.6. The van der Waals surface area contributed by atoms with E-state index in [0.29, 0.717) is 32.7 Å². The molecule has 1 aliphatic heterocycles. The SMILES string of the molecule is CCCOc1ccc(CN2CCC(C)(C(=O)O)C2)c(OCCC)c1. The Morgan fingerprint density at radius 3 is 2.58 bits per heavy atom. The van der Waals surface area contributed by atoms with Gasteiger partial charge in [0.1, 0.15) is 11.5 Å². The van der Waals surface area contributed by atoms with Crippen molar-refractivity contribution >= 4 is 5.97 Å². The molecule has 1 N–H and O–H groups in total. The molecule has 1 heterocycles. The van der Waals surface area contributed by atoms with E-state index in [4.69, 9.17) is 9.47 Å². The topological polar surface area (TPSA) is 59.0 Å². The van der Waals surface area contributed by atoms with Crippen LogP contribution >= 0.6 is 0 Å². The van der Waals surface area contributed by atoms with Crippen LogP contribution in [-0.2, 0) is 11.3 Å². The highest BCUT2D eigenvalue weighted by Gasteiger charge is 2.40. The number of likely N-dealkylation sites (tertiary alicyclic amines) is 1. The fourth-order valence-electron chi connectivity index (χ4n) is 2.93. The van der Waals surface area contributed by atoms with E-state index in [0.717, 1.165) is 36.4 Å². The van der Waals surface area contributed by atoms with Crippen molar-refractivity contribution in [3.05, 3.63) is 23.8 Å². The van der Waals surface area contributed by atoms with Gasteiger partial charge in [0.2, 0.25) is 0 Å². The number of carboxylic acids is 1. The molecule has 1 saturated heterocycles. The van der Waals surface area contributed by atoms with Crippen molar-refractivity contribution in [3.8, 4) is 11.5 Å². The first-order chi connectivity index (χ1) is 11.5. The molecule has 0 bridgehead atoms. The summed E-state index contributed by atoms with van der Waals surface area (Å²) in [5, 5.41) is 9.38. The Bertz CT molecular complexity index is 560. The second-order valence-corrected chi connectivity index (χ2v) is 6.79. The van der Waals surface area contributed by atoms with E-state index < -0.39 is 11.4 Å². The quantitative estimate of drug-likeness (QED) is 0.748. The number of carbonyl (C=O) groups is 1. The van der Waals surface area contributed by atoms with Crippen LogP contribution in [0.3, 0.4) is 0 Å².